The zero-order valence-electron chi connectivity index (χ0n) is 14.7. The number of fused-ring (bicyclic) bond motifs is 1. The number of methoxy groups -OCH3 is 1. The molecule has 132 valence electrons. The van der Waals surface area contributed by atoms with E-state index in [2.05, 4.69) is 71.0 Å². The summed E-state index contributed by atoms with van der Waals surface area (Å²) in [6.45, 7) is 3.37. The van der Waals surface area contributed by atoms with Gasteiger partial charge in [-0.2, -0.15) is 5.10 Å². The van der Waals surface area contributed by atoms with Gasteiger partial charge < -0.3 is 9.47 Å². The second-order valence-electron chi connectivity index (χ2n) is 6.30. The number of hydrogen-bond acceptors (Lipinski definition) is 3. The van der Waals surface area contributed by atoms with Gasteiger partial charge in [0.1, 0.15) is 18.1 Å². The Morgan fingerprint density at radius 1 is 1.12 bits per heavy atom. The maximum absolute atomic E-state index is 5.90. The number of rotatable bonds is 4. The van der Waals surface area contributed by atoms with E-state index in [4.69, 9.17) is 9.47 Å². The van der Waals surface area contributed by atoms with Crippen molar-refractivity contribution in [2.45, 2.75) is 13.5 Å². The Morgan fingerprint density at radius 3 is 2.54 bits per heavy atom. The third kappa shape index (κ3) is 3.23. The van der Waals surface area contributed by atoms with Crippen molar-refractivity contribution in [3.63, 3.8) is 0 Å². The second kappa shape index (κ2) is 7.15. The Bertz CT molecular complexity index is 957. The summed E-state index contributed by atoms with van der Waals surface area (Å²) < 4.78 is 14.3. The monoisotopic (exact) mass is 458 g/mol. The van der Waals surface area contributed by atoms with Crippen LogP contribution in [0.5, 0.6) is 11.5 Å². The molecule has 0 unspecified atom stereocenters. The lowest BCUT2D eigenvalue weighted by molar-refractivity contribution is 0.355. The minimum atomic E-state index is 0.588. The van der Waals surface area contributed by atoms with Gasteiger partial charge in [0.15, 0.2) is 5.75 Å². The van der Waals surface area contributed by atoms with Crippen LogP contribution in [-0.2, 0) is 6.54 Å². The van der Waals surface area contributed by atoms with E-state index in [0.29, 0.717) is 13.2 Å². The molecule has 0 bridgehead atoms. The molecule has 0 amide bonds. The van der Waals surface area contributed by atoms with Crippen LogP contribution in [0.25, 0.3) is 5.57 Å². The topological polar surface area (TPSA) is 36.3 Å². The minimum Gasteiger partial charge on any atom is -0.497 e. The summed E-state index contributed by atoms with van der Waals surface area (Å²) in [4.78, 5) is 0. The molecule has 0 fully saturated rings. The molecule has 0 spiro atoms. The number of nitrogens with zero attached hydrogens (tertiary/aromatic N) is 2. The molecule has 26 heavy (non-hydrogen) atoms. The molecular weight excluding hydrogens is 439 g/mol. The molecule has 5 heteroatoms. The molecule has 1 aliphatic rings. The van der Waals surface area contributed by atoms with Crippen LogP contribution in [0, 0.1) is 6.92 Å². The summed E-state index contributed by atoms with van der Waals surface area (Å²) in [6, 6.07) is 16.7. The van der Waals surface area contributed by atoms with Crippen molar-refractivity contribution in [1.82, 2.24) is 9.78 Å². The van der Waals surface area contributed by atoms with E-state index < -0.39 is 0 Å². The summed E-state index contributed by atoms with van der Waals surface area (Å²) in [7, 11) is 1.68. The van der Waals surface area contributed by atoms with Crippen molar-refractivity contribution in [3.8, 4) is 11.5 Å². The highest BCUT2D eigenvalue weighted by Crippen LogP contribution is 2.39. The Morgan fingerprint density at radius 2 is 1.85 bits per heavy atom. The second-order valence-corrected chi connectivity index (χ2v) is 7.60. The van der Waals surface area contributed by atoms with Crippen LogP contribution in [0.15, 0.2) is 58.3 Å². The fourth-order valence-corrected chi connectivity index (χ4v) is 3.83. The quantitative estimate of drug-likeness (QED) is 0.526. The van der Waals surface area contributed by atoms with Crippen molar-refractivity contribution in [2.75, 3.05) is 13.7 Å². The summed E-state index contributed by atoms with van der Waals surface area (Å²) in [6.07, 6.45) is 1.82. The van der Waals surface area contributed by atoms with E-state index >= 15 is 0 Å². The van der Waals surface area contributed by atoms with Crippen LogP contribution < -0.4 is 9.47 Å². The molecule has 0 atom stereocenters. The number of aromatic nitrogens is 2. The van der Waals surface area contributed by atoms with Gasteiger partial charge in [-0.3, -0.25) is 4.68 Å². The molecule has 2 heterocycles. The number of aryl methyl sites for hydroxylation is 1. The van der Waals surface area contributed by atoms with Crippen LogP contribution in [0.2, 0.25) is 0 Å². The molecular formula is C21H19IN2O2. The molecule has 4 rings (SSSR count). The van der Waals surface area contributed by atoms with Crippen LogP contribution >= 0.6 is 22.6 Å². The average molecular weight is 458 g/mol. The summed E-state index contributed by atoms with van der Waals surface area (Å²) in [5.74, 6) is 1.70. The number of halogens is 1. The summed E-state index contributed by atoms with van der Waals surface area (Å²) in [5, 5.41) is 4.59. The standard InChI is InChI=1S/C21H19IN2O2/c1-14-3-7-16(8-4-14)20-18(22)13-26-19-11-23-24(21(19)20)12-15-5-9-17(25-2)10-6-15/h3-11H,12-13H2,1-2H3. The molecule has 2 aromatic carbocycles. The van der Waals surface area contributed by atoms with Gasteiger partial charge in [-0.05, 0) is 52.8 Å². The third-order valence-corrected chi connectivity index (χ3v) is 5.35. The first kappa shape index (κ1) is 17.1. The minimum absolute atomic E-state index is 0.588. The van der Waals surface area contributed by atoms with Gasteiger partial charge >= 0.3 is 0 Å². The predicted octanol–water partition coefficient (Wildman–Crippen LogP) is 4.84. The Hall–Kier alpha value is -2.28. The molecule has 0 saturated heterocycles. The molecule has 0 aliphatic carbocycles. The highest BCUT2D eigenvalue weighted by Gasteiger charge is 2.25. The van der Waals surface area contributed by atoms with Gasteiger partial charge in [-0.15, -0.1) is 0 Å². The molecule has 1 aromatic heterocycles. The lowest BCUT2D eigenvalue weighted by Crippen LogP contribution is -2.13. The normalized spacial score (nSPS) is 13.3. The predicted molar refractivity (Wildman–Crippen MR) is 111 cm³/mol. The molecule has 0 radical (unpaired) electrons. The number of ether oxygens (including phenoxy) is 2. The molecule has 0 saturated carbocycles. The highest BCUT2D eigenvalue weighted by atomic mass is 127. The van der Waals surface area contributed by atoms with Crippen molar-refractivity contribution < 1.29 is 9.47 Å². The van der Waals surface area contributed by atoms with E-state index in [1.165, 1.54) is 25.8 Å². The largest absolute Gasteiger partial charge is 0.497 e. The first-order chi connectivity index (χ1) is 12.7. The number of benzene rings is 2. The van der Waals surface area contributed by atoms with Gasteiger partial charge in [0, 0.05) is 9.15 Å². The van der Waals surface area contributed by atoms with Crippen LogP contribution in [0.4, 0.5) is 0 Å². The molecule has 3 aromatic rings. The van der Waals surface area contributed by atoms with Crippen molar-refractivity contribution in [2.24, 2.45) is 0 Å². The van der Waals surface area contributed by atoms with Crippen LogP contribution in [-0.4, -0.2) is 23.5 Å². The van der Waals surface area contributed by atoms with Crippen molar-refractivity contribution in [1.29, 1.82) is 0 Å². The fourth-order valence-electron chi connectivity index (χ4n) is 3.11. The SMILES string of the molecule is COc1ccc(Cn2ncc3c2C(c2ccc(C)cc2)=C(I)CO3)cc1. The summed E-state index contributed by atoms with van der Waals surface area (Å²) in [5.41, 5.74) is 5.86. The van der Waals surface area contributed by atoms with Gasteiger partial charge in [-0.25, -0.2) is 0 Å². The molecule has 4 nitrogen and oxygen atoms in total. The Kier molecular flexibility index (Phi) is 4.72. The van der Waals surface area contributed by atoms with Crippen molar-refractivity contribution >= 4 is 28.2 Å². The first-order valence-electron chi connectivity index (χ1n) is 8.43. The van der Waals surface area contributed by atoms with E-state index in [0.717, 1.165) is 17.2 Å². The lowest BCUT2D eigenvalue weighted by atomic mass is 9.99. The van der Waals surface area contributed by atoms with E-state index in [1.54, 1.807) is 7.11 Å². The molecule has 0 N–H and O–H groups in total. The maximum Gasteiger partial charge on any atom is 0.165 e. The highest BCUT2D eigenvalue weighted by molar-refractivity contribution is 14.1. The van der Waals surface area contributed by atoms with E-state index in [9.17, 15) is 0 Å². The van der Waals surface area contributed by atoms with E-state index in [1.807, 2.05) is 23.0 Å². The average Bonchev–Trinajstić information content (AvgIpc) is 3.06. The van der Waals surface area contributed by atoms with Crippen molar-refractivity contribution in [3.05, 3.63) is 80.7 Å². The smallest absolute Gasteiger partial charge is 0.165 e. The van der Waals surface area contributed by atoms with Gasteiger partial charge in [-0.1, -0.05) is 42.0 Å². The summed E-state index contributed by atoms with van der Waals surface area (Å²) >= 11 is 2.38. The Labute approximate surface area is 166 Å². The van der Waals surface area contributed by atoms with Gasteiger partial charge in [0.25, 0.3) is 0 Å². The van der Waals surface area contributed by atoms with E-state index in [-0.39, 0.29) is 0 Å². The lowest BCUT2D eigenvalue weighted by Gasteiger charge is -2.21. The number of hydrogen-bond donors (Lipinski definition) is 0. The first-order valence-corrected chi connectivity index (χ1v) is 9.51. The zero-order valence-corrected chi connectivity index (χ0v) is 16.9. The van der Waals surface area contributed by atoms with Gasteiger partial charge in [0.05, 0.1) is 19.9 Å². The van der Waals surface area contributed by atoms with Crippen LogP contribution in [0.1, 0.15) is 22.4 Å². The van der Waals surface area contributed by atoms with Crippen LogP contribution in [0.3, 0.4) is 0 Å². The molecule has 1 aliphatic heterocycles. The zero-order chi connectivity index (χ0) is 18.1. The fraction of sp³-hybridized carbons (Fsp3) is 0.190. The van der Waals surface area contributed by atoms with Gasteiger partial charge in [0.2, 0.25) is 0 Å². The third-order valence-electron chi connectivity index (χ3n) is 4.50. The Balaban J connectivity index is 1.74. The maximum atomic E-state index is 5.90.